The molecular formula is C76H131NO13. The molecule has 12 atom stereocenters. The van der Waals surface area contributed by atoms with E-state index in [2.05, 4.69) is 116 Å². The smallest absolute Gasteiger partial charge is 0.220 e. The van der Waals surface area contributed by atoms with Crippen molar-refractivity contribution in [2.75, 3.05) is 19.8 Å². The second-order valence-electron chi connectivity index (χ2n) is 25.0. The number of amides is 1. The summed E-state index contributed by atoms with van der Waals surface area (Å²) in [5, 5.41) is 87.4. The summed E-state index contributed by atoms with van der Waals surface area (Å²) in [6, 6.07) is -0.956. The number of rotatable bonds is 58. The molecular weight excluding hydrogens is 1130 g/mol. The highest BCUT2D eigenvalue weighted by molar-refractivity contribution is 5.76. The van der Waals surface area contributed by atoms with Crippen LogP contribution in [0.3, 0.4) is 0 Å². The van der Waals surface area contributed by atoms with E-state index in [0.717, 1.165) is 103 Å². The van der Waals surface area contributed by atoms with E-state index in [-0.39, 0.29) is 18.9 Å². The highest BCUT2D eigenvalue weighted by atomic mass is 16.7. The Kier molecular flexibility index (Phi) is 54.6. The summed E-state index contributed by atoms with van der Waals surface area (Å²) < 4.78 is 22.8. The molecule has 90 heavy (non-hydrogen) atoms. The normalized spacial score (nSPS) is 23.6. The van der Waals surface area contributed by atoms with Crippen LogP contribution in [-0.4, -0.2) is 140 Å². The van der Waals surface area contributed by atoms with Crippen molar-refractivity contribution >= 4 is 5.91 Å². The van der Waals surface area contributed by atoms with Gasteiger partial charge in [-0.2, -0.15) is 0 Å². The molecule has 0 bridgehead atoms. The number of ether oxygens (including phenoxy) is 4. The summed E-state index contributed by atoms with van der Waals surface area (Å²) in [5.74, 6) is -0.270. The number of unbranched alkanes of at least 4 members (excludes halogenated alkanes) is 29. The third-order valence-corrected chi connectivity index (χ3v) is 16.9. The Bertz CT molecular complexity index is 1930. The van der Waals surface area contributed by atoms with Crippen LogP contribution in [0.2, 0.25) is 0 Å². The molecule has 12 unspecified atom stereocenters. The molecule has 0 aromatic carbocycles. The highest BCUT2D eigenvalue weighted by Gasteiger charge is 2.51. The number of nitrogens with one attached hydrogen (secondary N) is 1. The molecule has 2 heterocycles. The summed E-state index contributed by atoms with van der Waals surface area (Å²) >= 11 is 0. The Morgan fingerprint density at radius 3 is 1.22 bits per heavy atom. The van der Waals surface area contributed by atoms with Gasteiger partial charge in [0.2, 0.25) is 5.91 Å². The average Bonchev–Trinajstić information content (AvgIpc) is 1.41. The fourth-order valence-corrected chi connectivity index (χ4v) is 11.2. The first-order chi connectivity index (χ1) is 44.1. The first-order valence-corrected chi connectivity index (χ1v) is 36.1. The van der Waals surface area contributed by atoms with E-state index in [4.69, 9.17) is 18.9 Å². The van der Waals surface area contributed by atoms with Gasteiger partial charge in [-0.3, -0.25) is 4.79 Å². The summed E-state index contributed by atoms with van der Waals surface area (Å²) in [6.07, 6.45) is 68.6. The number of carbonyl (C=O) groups excluding carboxylic acids is 1. The van der Waals surface area contributed by atoms with Gasteiger partial charge in [0.05, 0.1) is 32.0 Å². The fraction of sp³-hybridized carbons (Fsp3) is 0.750. The molecule has 1 amide bonds. The molecule has 2 saturated heterocycles. The van der Waals surface area contributed by atoms with Gasteiger partial charge in [0, 0.05) is 6.42 Å². The Morgan fingerprint density at radius 1 is 0.411 bits per heavy atom. The van der Waals surface area contributed by atoms with Gasteiger partial charge >= 0.3 is 0 Å². The third kappa shape index (κ3) is 42.8. The minimum atomic E-state index is -1.80. The molecule has 0 aromatic rings. The van der Waals surface area contributed by atoms with Crippen molar-refractivity contribution in [2.24, 2.45) is 0 Å². The fourth-order valence-electron chi connectivity index (χ4n) is 11.2. The SMILES string of the molecule is CC/C=C\C/C=C\C/C=C\C/C=C\C/C=C\C/C=C\CCCCCCCCC(=O)NC(COC1OC(CO)C(OC2OC(CO)C(O)C(O)C2O)C(O)C1O)C(O)/C=C/CC/C=C/CC/C=C/CCCCCCCCCCCCCCCCCCCCCCC. The minimum Gasteiger partial charge on any atom is -0.394 e. The van der Waals surface area contributed by atoms with Gasteiger partial charge in [0.25, 0.3) is 0 Å². The van der Waals surface area contributed by atoms with Gasteiger partial charge in [-0.05, 0) is 96.3 Å². The summed E-state index contributed by atoms with van der Waals surface area (Å²) in [6.45, 7) is 2.67. The van der Waals surface area contributed by atoms with Crippen molar-refractivity contribution in [2.45, 2.75) is 344 Å². The monoisotopic (exact) mass is 1270 g/mol. The molecule has 2 aliphatic heterocycles. The lowest BCUT2D eigenvalue weighted by Gasteiger charge is -2.46. The number of aliphatic hydroxyl groups is 8. The average molecular weight is 1270 g/mol. The van der Waals surface area contributed by atoms with E-state index in [9.17, 15) is 45.6 Å². The maximum Gasteiger partial charge on any atom is 0.220 e. The van der Waals surface area contributed by atoms with Crippen molar-refractivity contribution in [1.82, 2.24) is 5.32 Å². The molecule has 14 nitrogen and oxygen atoms in total. The van der Waals surface area contributed by atoms with Crippen LogP contribution in [-0.2, 0) is 23.7 Å². The molecule has 0 aliphatic carbocycles. The van der Waals surface area contributed by atoms with Crippen LogP contribution in [0.4, 0.5) is 0 Å². The largest absolute Gasteiger partial charge is 0.394 e. The lowest BCUT2D eigenvalue weighted by atomic mass is 9.97. The van der Waals surface area contributed by atoms with Gasteiger partial charge in [-0.15, -0.1) is 0 Å². The Morgan fingerprint density at radius 2 is 0.778 bits per heavy atom. The van der Waals surface area contributed by atoms with Crippen LogP contribution in [0.1, 0.15) is 271 Å². The standard InChI is InChI=1S/C76H131NO13/c1-3-5-7-9-11-13-15-17-19-21-23-25-27-29-30-31-32-33-34-36-37-39-41-43-45-47-49-51-53-55-57-59-65(80)64(63-87-75-73(86)71(84)74(67(62-79)89-75)90-76-72(85)70(83)69(82)66(61-78)88-76)77-68(81)60-58-56-54-52-50-48-46-44-42-40-38-35-28-26-24-22-20-18-16-14-12-10-8-6-4-2/h6,8,12,14,18,20,24,26,35,38,41-44,49,51,57,59,64-67,69-76,78-80,82-86H,3-5,7,9-11,13,15-17,19,21-23,25,27-34,36-37,39-40,45-48,50,52-56,58,60-63H2,1-2H3,(H,77,81)/b8-6-,14-12-,20-18-,26-24-,38-35-,43-41+,44-42-,51-49+,59-57+. The van der Waals surface area contributed by atoms with Gasteiger partial charge in [-0.25, -0.2) is 0 Å². The number of aliphatic hydroxyl groups excluding tert-OH is 8. The molecule has 2 rings (SSSR count). The van der Waals surface area contributed by atoms with Gasteiger partial charge in [0.15, 0.2) is 12.6 Å². The summed E-state index contributed by atoms with van der Waals surface area (Å²) in [5.41, 5.74) is 0. The maximum atomic E-state index is 13.3. The molecule has 2 fully saturated rings. The zero-order chi connectivity index (χ0) is 65.2. The van der Waals surface area contributed by atoms with Crippen LogP contribution < -0.4 is 5.32 Å². The molecule has 9 N–H and O–H groups in total. The van der Waals surface area contributed by atoms with E-state index in [1.54, 1.807) is 6.08 Å². The third-order valence-electron chi connectivity index (χ3n) is 16.9. The second-order valence-corrected chi connectivity index (χ2v) is 25.0. The van der Waals surface area contributed by atoms with Crippen molar-refractivity contribution in [1.29, 1.82) is 0 Å². The molecule has 2 aliphatic rings. The van der Waals surface area contributed by atoms with E-state index >= 15 is 0 Å². The predicted octanol–water partition coefficient (Wildman–Crippen LogP) is 15.1. The molecule has 14 heteroatoms. The zero-order valence-electron chi connectivity index (χ0n) is 56.3. The number of hydrogen-bond acceptors (Lipinski definition) is 13. The van der Waals surface area contributed by atoms with E-state index < -0.39 is 86.8 Å². The first kappa shape index (κ1) is 82.7. The summed E-state index contributed by atoms with van der Waals surface area (Å²) in [7, 11) is 0. The van der Waals surface area contributed by atoms with Gasteiger partial charge in [0.1, 0.15) is 48.8 Å². The van der Waals surface area contributed by atoms with Crippen molar-refractivity contribution in [3.05, 3.63) is 109 Å². The molecule has 0 saturated carbocycles. The Labute approximate surface area is 546 Å². The predicted molar refractivity (Wildman–Crippen MR) is 369 cm³/mol. The number of hydrogen-bond donors (Lipinski definition) is 9. The molecule has 0 aromatic heterocycles. The number of allylic oxidation sites excluding steroid dienone is 17. The summed E-state index contributed by atoms with van der Waals surface area (Å²) in [4.78, 5) is 13.3. The Hall–Kier alpha value is -3.35. The molecule has 518 valence electrons. The van der Waals surface area contributed by atoms with E-state index in [1.165, 1.54) is 135 Å². The second kappa shape index (κ2) is 59.4. The molecule has 0 spiro atoms. The topological polar surface area (TPSA) is 228 Å². The van der Waals surface area contributed by atoms with Crippen molar-refractivity contribution in [3.63, 3.8) is 0 Å². The van der Waals surface area contributed by atoms with Crippen LogP contribution in [0.15, 0.2) is 109 Å². The molecule has 0 radical (unpaired) electrons. The minimum absolute atomic E-state index is 0.246. The lowest BCUT2D eigenvalue weighted by molar-refractivity contribution is -0.359. The van der Waals surface area contributed by atoms with Crippen LogP contribution in [0, 0.1) is 0 Å². The Balaban J connectivity index is 1.71. The van der Waals surface area contributed by atoms with Crippen LogP contribution in [0.25, 0.3) is 0 Å². The van der Waals surface area contributed by atoms with E-state index in [1.807, 2.05) is 6.08 Å². The van der Waals surface area contributed by atoms with E-state index in [0.29, 0.717) is 12.8 Å². The van der Waals surface area contributed by atoms with Gasteiger partial charge in [-0.1, -0.05) is 277 Å². The zero-order valence-corrected chi connectivity index (χ0v) is 56.3. The van der Waals surface area contributed by atoms with Gasteiger partial charge < -0.3 is 65.1 Å². The quantitative estimate of drug-likeness (QED) is 0.0204. The highest BCUT2D eigenvalue weighted by Crippen LogP contribution is 2.30. The lowest BCUT2D eigenvalue weighted by Crippen LogP contribution is -2.65. The van der Waals surface area contributed by atoms with Crippen LogP contribution >= 0.6 is 0 Å². The first-order valence-electron chi connectivity index (χ1n) is 36.1. The van der Waals surface area contributed by atoms with Crippen LogP contribution in [0.5, 0.6) is 0 Å². The number of carbonyl (C=O) groups is 1. The van der Waals surface area contributed by atoms with Crippen molar-refractivity contribution < 1.29 is 64.6 Å². The maximum absolute atomic E-state index is 13.3. The van der Waals surface area contributed by atoms with Crippen molar-refractivity contribution in [3.8, 4) is 0 Å².